The van der Waals surface area contributed by atoms with E-state index < -0.39 is 0 Å². The van der Waals surface area contributed by atoms with E-state index in [9.17, 15) is 9.59 Å². The first-order valence-corrected chi connectivity index (χ1v) is 9.95. The molecular weight excluding hydrogens is 358 g/mol. The van der Waals surface area contributed by atoms with Gasteiger partial charge < -0.3 is 4.74 Å². The number of carbonyl (C=O) groups excluding carboxylic acids is 2. The Morgan fingerprint density at radius 3 is 2.26 bits per heavy atom. The smallest absolute Gasteiger partial charge is 0.268 e. The molecule has 1 aliphatic heterocycles. The zero-order valence-corrected chi connectivity index (χ0v) is 16.4. The van der Waals surface area contributed by atoms with Crippen LogP contribution in [0.3, 0.4) is 0 Å². The van der Waals surface area contributed by atoms with E-state index in [0.717, 1.165) is 29.7 Å². The van der Waals surface area contributed by atoms with Crippen LogP contribution in [0.5, 0.6) is 5.75 Å². The second-order valence-corrected chi connectivity index (χ2v) is 7.40. The molecule has 0 radical (unpaired) electrons. The van der Waals surface area contributed by atoms with E-state index in [4.69, 9.17) is 4.74 Å². The maximum absolute atomic E-state index is 13.1. The standard InChI is InChI=1S/C22H23NO3S/c1-3-4-8-15-23-21(24)19(16-11-13-17(26-2)14-12-16)20(22(23)25)27-18-9-6-5-7-10-18/h5-7,9-14H,3-4,8,15H2,1-2H3. The largest absolute Gasteiger partial charge is 0.497 e. The van der Waals surface area contributed by atoms with Gasteiger partial charge in [0.15, 0.2) is 0 Å². The van der Waals surface area contributed by atoms with Crippen molar-refractivity contribution in [3.05, 3.63) is 65.1 Å². The van der Waals surface area contributed by atoms with E-state index in [1.54, 1.807) is 7.11 Å². The molecule has 0 saturated carbocycles. The zero-order valence-electron chi connectivity index (χ0n) is 15.6. The number of rotatable bonds is 8. The zero-order chi connectivity index (χ0) is 19.2. The van der Waals surface area contributed by atoms with Crippen LogP contribution >= 0.6 is 11.8 Å². The molecule has 1 aliphatic rings. The maximum Gasteiger partial charge on any atom is 0.268 e. The molecule has 3 rings (SSSR count). The Labute approximate surface area is 164 Å². The van der Waals surface area contributed by atoms with Gasteiger partial charge in [0, 0.05) is 11.4 Å². The average molecular weight is 381 g/mol. The first-order chi connectivity index (χ1) is 13.2. The van der Waals surface area contributed by atoms with E-state index in [0.29, 0.717) is 22.8 Å². The molecule has 2 amide bonds. The summed E-state index contributed by atoms with van der Waals surface area (Å²) < 4.78 is 5.21. The molecule has 0 aliphatic carbocycles. The lowest BCUT2D eigenvalue weighted by Gasteiger charge is -2.14. The van der Waals surface area contributed by atoms with Crippen LogP contribution in [0.25, 0.3) is 5.57 Å². The number of hydrogen-bond donors (Lipinski definition) is 0. The highest BCUT2D eigenvalue weighted by Crippen LogP contribution is 2.40. The van der Waals surface area contributed by atoms with Crippen molar-refractivity contribution >= 4 is 29.1 Å². The molecule has 0 saturated heterocycles. The predicted octanol–water partition coefficient (Wildman–Crippen LogP) is 4.76. The molecule has 0 fully saturated rings. The van der Waals surface area contributed by atoms with Crippen molar-refractivity contribution in [1.29, 1.82) is 0 Å². The molecule has 0 aromatic heterocycles. The Balaban J connectivity index is 1.97. The highest BCUT2D eigenvalue weighted by Gasteiger charge is 2.39. The van der Waals surface area contributed by atoms with E-state index in [1.165, 1.54) is 16.7 Å². The predicted molar refractivity (Wildman–Crippen MR) is 108 cm³/mol. The third-order valence-corrected chi connectivity index (χ3v) is 5.54. The summed E-state index contributed by atoms with van der Waals surface area (Å²) in [7, 11) is 1.60. The summed E-state index contributed by atoms with van der Waals surface area (Å²) in [6, 6.07) is 17.0. The molecule has 140 valence electrons. The van der Waals surface area contributed by atoms with Crippen LogP contribution in [0.4, 0.5) is 0 Å². The van der Waals surface area contributed by atoms with Gasteiger partial charge >= 0.3 is 0 Å². The van der Waals surface area contributed by atoms with Crippen molar-refractivity contribution in [2.45, 2.75) is 31.1 Å². The summed E-state index contributed by atoms with van der Waals surface area (Å²) in [5, 5.41) is 0. The molecular formula is C22H23NO3S. The lowest BCUT2D eigenvalue weighted by Crippen LogP contribution is -2.32. The van der Waals surface area contributed by atoms with Crippen LogP contribution < -0.4 is 4.74 Å². The number of ether oxygens (including phenoxy) is 1. The minimum absolute atomic E-state index is 0.198. The van der Waals surface area contributed by atoms with Gasteiger partial charge in [-0.3, -0.25) is 14.5 Å². The van der Waals surface area contributed by atoms with Gasteiger partial charge in [0.2, 0.25) is 0 Å². The van der Waals surface area contributed by atoms with Gasteiger partial charge in [-0.2, -0.15) is 0 Å². The number of carbonyl (C=O) groups is 2. The van der Waals surface area contributed by atoms with Gasteiger partial charge in [0.25, 0.3) is 11.8 Å². The van der Waals surface area contributed by atoms with Gasteiger partial charge in [-0.25, -0.2) is 0 Å². The molecule has 1 heterocycles. The van der Waals surface area contributed by atoms with E-state index in [2.05, 4.69) is 6.92 Å². The van der Waals surface area contributed by atoms with Gasteiger partial charge in [0.1, 0.15) is 5.75 Å². The maximum atomic E-state index is 13.1. The number of methoxy groups -OCH3 is 1. The lowest BCUT2D eigenvalue weighted by atomic mass is 10.1. The molecule has 2 aromatic rings. The molecule has 4 nitrogen and oxygen atoms in total. The van der Waals surface area contributed by atoms with Crippen molar-refractivity contribution in [2.24, 2.45) is 0 Å². The second-order valence-electron chi connectivity index (χ2n) is 6.32. The van der Waals surface area contributed by atoms with Crippen LogP contribution in [0.2, 0.25) is 0 Å². The van der Waals surface area contributed by atoms with Gasteiger partial charge in [0.05, 0.1) is 17.6 Å². The number of hydrogen-bond acceptors (Lipinski definition) is 4. The number of amides is 2. The van der Waals surface area contributed by atoms with Gasteiger partial charge in [-0.05, 0) is 36.2 Å². The Hall–Kier alpha value is -2.53. The van der Waals surface area contributed by atoms with Gasteiger partial charge in [-0.1, -0.05) is 61.9 Å². The molecule has 0 N–H and O–H groups in total. The minimum Gasteiger partial charge on any atom is -0.497 e. The Kier molecular flexibility index (Phi) is 6.35. The first-order valence-electron chi connectivity index (χ1n) is 9.13. The molecule has 0 unspecified atom stereocenters. The summed E-state index contributed by atoms with van der Waals surface area (Å²) in [6.45, 7) is 2.56. The number of benzene rings is 2. The van der Waals surface area contributed by atoms with Crippen molar-refractivity contribution in [2.75, 3.05) is 13.7 Å². The fourth-order valence-electron chi connectivity index (χ4n) is 2.99. The molecule has 2 aromatic carbocycles. The molecule has 0 spiro atoms. The van der Waals surface area contributed by atoms with Crippen LogP contribution in [-0.4, -0.2) is 30.4 Å². The number of thioether (sulfide) groups is 1. The molecule has 0 atom stereocenters. The summed E-state index contributed by atoms with van der Waals surface area (Å²) in [4.78, 5) is 28.9. The number of imide groups is 1. The van der Waals surface area contributed by atoms with Crippen molar-refractivity contribution in [3.63, 3.8) is 0 Å². The quantitative estimate of drug-likeness (QED) is 0.489. The highest BCUT2D eigenvalue weighted by molar-refractivity contribution is 8.04. The second kappa shape index (κ2) is 8.91. The fourth-order valence-corrected chi connectivity index (χ4v) is 4.02. The third-order valence-electron chi connectivity index (χ3n) is 4.45. The summed E-state index contributed by atoms with van der Waals surface area (Å²) in [6.07, 6.45) is 2.86. The highest BCUT2D eigenvalue weighted by atomic mass is 32.2. The van der Waals surface area contributed by atoms with Crippen LogP contribution in [0.1, 0.15) is 31.7 Å². The van der Waals surface area contributed by atoms with Crippen LogP contribution in [0.15, 0.2) is 64.4 Å². The monoisotopic (exact) mass is 381 g/mol. The Bertz CT molecular complexity index is 844. The van der Waals surface area contributed by atoms with E-state index in [1.807, 2.05) is 54.6 Å². The SMILES string of the molecule is CCCCCN1C(=O)C(Sc2ccccc2)=C(c2ccc(OC)cc2)C1=O. The van der Waals surface area contributed by atoms with Crippen LogP contribution in [-0.2, 0) is 9.59 Å². The summed E-state index contributed by atoms with van der Waals surface area (Å²) in [5.74, 6) is 0.309. The topological polar surface area (TPSA) is 46.6 Å². The van der Waals surface area contributed by atoms with E-state index >= 15 is 0 Å². The average Bonchev–Trinajstić information content (AvgIpc) is 2.93. The van der Waals surface area contributed by atoms with Crippen molar-refractivity contribution in [3.8, 4) is 5.75 Å². The number of nitrogens with zero attached hydrogens (tertiary/aromatic N) is 1. The number of unbranched alkanes of at least 4 members (excludes halogenated alkanes) is 2. The Morgan fingerprint density at radius 2 is 1.63 bits per heavy atom. The normalized spacial score (nSPS) is 14.2. The van der Waals surface area contributed by atoms with Crippen molar-refractivity contribution < 1.29 is 14.3 Å². The summed E-state index contributed by atoms with van der Waals surface area (Å²) in [5.41, 5.74) is 1.22. The lowest BCUT2D eigenvalue weighted by molar-refractivity contribution is -0.136. The molecule has 27 heavy (non-hydrogen) atoms. The molecule has 5 heteroatoms. The van der Waals surface area contributed by atoms with Crippen LogP contribution in [0, 0.1) is 0 Å². The third kappa shape index (κ3) is 4.25. The fraction of sp³-hybridized carbons (Fsp3) is 0.273. The summed E-state index contributed by atoms with van der Waals surface area (Å²) >= 11 is 1.36. The Morgan fingerprint density at radius 1 is 0.926 bits per heavy atom. The van der Waals surface area contributed by atoms with E-state index in [-0.39, 0.29) is 11.8 Å². The minimum atomic E-state index is -0.209. The van der Waals surface area contributed by atoms with Crippen molar-refractivity contribution in [1.82, 2.24) is 4.90 Å². The molecule has 0 bridgehead atoms. The first kappa shape index (κ1) is 19.2. The van der Waals surface area contributed by atoms with Gasteiger partial charge in [-0.15, -0.1) is 0 Å².